The van der Waals surface area contributed by atoms with E-state index in [2.05, 4.69) is 30.0 Å². The number of aromatic nitrogens is 2. The summed E-state index contributed by atoms with van der Waals surface area (Å²) >= 11 is 1.49. The Morgan fingerprint density at radius 1 is 1.44 bits per heavy atom. The van der Waals surface area contributed by atoms with Crippen molar-refractivity contribution in [2.45, 2.75) is 27.3 Å². The highest BCUT2D eigenvalue weighted by Crippen LogP contribution is 2.21. The zero-order chi connectivity index (χ0) is 18.6. The van der Waals surface area contributed by atoms with Gasteiger partial charge in [0.05, 0.1) is 17.9 Å². The Hall–Kier alpha value is -2.60. The van der Waals surface area contributed by atoms with Gasteiger partial charge < -0.3 is 10.6 Å². The summed E-state index contributed by atoms with van der Waals surface area (Å²) in [6.07, 6.45) is 7.39. The Kier molecular flexibility index (Phi) is 5.98. The molecule has 0 saturated carbocycles. The van der Waals surface area contributed by atoms with E-state index < -0.39 is 0 Å². The molecule has 5 nitrogen and oxygen atoms in total. The van der Waals surface area contributed by atoms with Crippen LogP contribution in [-0.4, -0.2) is 20.8 Å². The van der Waals surface area contributed by atoms with Gasteiger partial charge in [0.25, 0.3) is 5.56 Å². The molecule has 0 aliphatic rings. The van der Waals surface area contributed by atoms with Crippen LogP contribution >= 0.6 is 11.3 Å². The number of likely N-dealkylation sites (N-methyl/N-ethyl adjacent to an activating group) is 1. The van der Waals surface area contributed by atoms with Gasteiger partial charge in [-0.1, -0.05) is 19.2 Å². The molecule has 25 heavy (non-hydrogen) atoms. The largest absolute Gasteiger partial charge is 0.399 e. The first-order valence-corrected chi connectivity index (χ1v) is 8.90. The van der Waals surface area contributed by atoms with E-state index in [1.54, 1.807) is 22.6 Å². The predicted molar refractivity (Wildman–Crippen MR) is 106 cm³/mol. The lowest BCUT2D eigenvalue weighted by Crippen LogP contribution is -2.23. The van der Waals surface area contributed by atoms with Gasteiger partial charge in [0.2, 0.25) is 0 Å². The Balaban J connectivity index is 2.45. The third kappa shape index (κ3) is 4.28. The topological polar surface area (TPSA) is 63.6 Å². The Morgan fingerprint density at radius 2 is 2.16 bits per heavy atom. The number of nitrogens with two attached hydrogens (primary N) is 1. The molecule has 0 amide bonds. The smallest absolute Gasteiger partial charge is 0.259 e. The molecule has 2 heterocycles. The fourth-order valence-electron chi connectivity index (χ4n) is 2.51. The van der Waals surface area contributed by atoms with Gasteiger partial charge in [-0.05, 0) is 39.0 Å². The van der Waals surface area contributed by atoms with E-state index in [9.17, 15) is 4.79 Å². The van der Waals surface area contributed by atoms with Crippen molar-refractivity contribution in [3.8, 4) is 0 Å². The van der Waals surface area contributed by atoms with Crippen molar-refractivity contribution < 1.29 is 0 Å². The lowest BCUT2D eigenvalue weighted by Gasteiger charge is -2.22. The number of fused-ring (bicyclic) bond motifs is 1. The molecule has 2 aromatic rings. The van der Waals surface area contributed by atoms with Crippen LogP contribution in [0.25, 0.3) is 11.0 Å². The number of rotatable bonds is 7. The van der Waals surface area contributed by atoms with Gasteiger partial charge >= 0.3 is 0 Å². The van der Waals surface area contributed by atoms with E-state index in [0.717, 1.165) is 28.5 Å². The van der Waals surface area contributed by atoms with Gasteiger partial charge in [0, 0.05) is 28.9 Å². The van der Waals surface area contributed by atoms with Crippen LogP contribution in [0.4, 0.5) is 0 Å². The molecular formula is C19H24N4OS. The molecule has 0 aromatic carbocycles. The first-order chi connectivity index (χ1) is 11.9. The number of aryl methyl sites for hydroxylation is 1. The minimum Gasteiger partial charge on any atom is -0.399 e. The minimum absolute atomic E-state index is 0.0978. The van der Waals surface area contributed by atoms with Crippen LogP contribution in [0.5, 0.6) is 0 Å². The van der Waals surface area contributed by atoms with E-state index in [0.29, 0.717) is 17.2 Å². The van der Waals surface area contributed by atoms with Crippen LogP contribution in [0.2, 0.25) is 0 Å². The van der Waals surface area contributed by atoms with Gasteiger partial charge in [-0.3, -0.25) is 9.20 Å². The molecule has 0 unspecified atom stereocenters. The van der Waals surface area contributed by atoms with Crippen molar-refractivity contribution >= 4 is 22.4 Å². The molecule has 0 bridgehead atoms. The zero-order valence-electron chi connectivity index (χ0n) is 15.0. The zero-order valence-corrected chi connectivity index (χ0v) is 15.8. The molecule has 0 fully saturated rings. The van der Waals surface area contributed by atoms with Crippen molar-refractivity contribution in [3.63, 3.8) is 0 Å². The fourth-order valence-corrected chi connectivity index (χ4v) is 3.49. The highest BCUT2D eigenvalue weighted by molar-refractivity contribution is 7.17. The van der Waals surface area contributed by atoms with Crippen molar-refractivity contribution in [1.29, 1.82) is 0 Å². The normalized spacial score (nSPS) is 11.6. The third-order valence-electron chi connectivity index (χ3n) is 3.74. The maximum atomic E-state index is 12.6. The van der Waals surface area contributed by atoms with E-state index in [1.165, 1.54) is 11.3 Å². The van der Waals surface area contributed by atoms with E-state index in [1.807, 2.05) is 26.0 Å². The number of hydrogen-bond donors (Lipinski definition) is 1. The van der Waals surface area contributed by atoms with Crippen LogP contribution in [0.1, 0.15) is 30.1 Å². The highest BCUT2D eigenvalue weighted by atomic mass is 32.1. The molecule has 0 radical (unpaired) electrons. The van der Waals surface area contributed by atoms with Crippen LogP contribution in [0.3, 0.4) is 0 Å². The van der Waals surface area contributed by atoms with Crippen LogP contribution in [0.15, 0.2) is 53.6 Å². The summed E-state index contributed by atoms with van der Waals surface area (Å²) in [6.45, 7) is 15.0. The summed E-state index contributed by atoms with van der Waals surface area (Å²) in [5, 5.41) is 0. The van der Waals surface area contributed by atoms with Crippen molar-refractivity contribution in [2.75, 3.05) is 6.54 Å². The summed E-state index contributed by atoms with van der Waals surface area (Å²) in [7, 11) is 0. The summed E-state index contributed by atoms with van der Waals surface area (Å²) in [4.78, 5) is 21.1. The summed E-state index contributed by atoms with van der Waals surface area (Å²) in [5.74, 6) is 0. The van der Waals surface area contributed by atoms with Gasteiger partial charge in [0.15, 0.2) is 4.96 Å². The SMILES string of the molecule is C=C(N)/C=C/c1c(C)sc2nc(CN(CC)C(=C)/C=C\C)cc(=O)n12. The Labute approximate surface area is 152 Å². The quantitative estimate of drug-likeness (QED) is 0.772. The van der Waals surface area contributed by atoms with Gasteiger partial charge in [-0.15, -0.1) is 11.3 Å². The molecule has 0 aliphatic heterocycles. The summed E-state index contributed by atoms with van der Waals surface area (Å²) in [5.41, 5.74) is 8.36. The minimum atomic E-state index is -0.0978. The van der Waals surface area contributed by atoms with Crippen LogP contribution in [0, 0.1) is 6.92 Å². The molecule has 0 aliphatic carbocycles. The van der Waals surface area contributed by atoms with Crippen LogP contribution < -0.4 is 11.3 Å². The standard InChI is InChI=1S/C19H24N4OS/c1-6-8-14(4)22(7-2)12-16-11-18(24)23-17(10-9-13(3)20)15(5)25-19(23)21-16/h6,8-11H,3-4,7,12,20H2,1-2,5H3/b8-6-,10-9+. The van der Waals surface area contributed by atoms with Crippen molar-refractivity contribution in [1.82, 2.24) is 14.3 Å². The molecule has 2 N–H and O–H groups in total. The van der Waals surface area contributed by atoms with E-state index in [4.69, 9.17) is 5.73 Å². The molecule has 2 rings (SSSR count). The second-order valence-corrected chi connectivity index (χ2v) is 6.84. The lowest BCUT2D eigenvalue weighted by molar-refractivity contribution is 0.363. The molecule has 0 spiro atoms. The molecule has 6 heteroatoms. The van der Waals surface area contributed by atoms with E-state index >= 15 is 0 Å². The van der Waals surface area contributed by atoms with Gasteiger partial charge in [-0.2, -0.15) is 0 Å². The maximum Gasteiger partial charge on any atom is 0.259 e. The second kappa shape index (κ2) is 7.98. The van der Waals surface area contributed by atoms with E-state index in [-0.39, 0.29) is 5.56 Å². The molecule has 0 atom stereocenters. The average molecular weight is 356 g/mol. The number of nitrogens with zero attached hydrogens (tertiary/aromatic N) is 3. The monoisotopic (exact) mass is 356 g/mol. The third-order valence-corrected chi connectivity index (χ3v) is 4.71. The number of hydrogen-bond acceptors (Lipinski definition) is 5. The first kappa shape index (κ1) is 18.7. The Bertz CT molecular complexity index is 917. The van der Waals surface area contributed by atoms with Crippen molar-refractivity contribution in [2.24, 2.45) is 5.73 Å². The molecule has 132 valence electrons. The predicted octanol–water partition coefficient (Wildman–Crippen LogP) is 3.46. The molecule has 0 saturated heterocycles. The first-order valence-electron chi connectivity index (χ1n) is 8.08. The van der Waals surface area contributed by atoms with Crippen LogP contribution in [-0.2, 0) is 6.54 Å². The second-order valence-electron chi connectivity index (χ2n) is 5.66. The highest BCUT2D eigenvalue weighted by Gasteiger charge is 2.13. The average Bonchev–Trinajstić information content (AvgIpc) is 2.86. The Morgan fingerprint density at radius 3 is 2.76 bits per heavy atom. The van der Waals surface area contributed by atoms with Crippen molar-refractivity contribution in [3.05, 3.63) is 75.5 Å². The number of allylic oxidation sites excluding steroid dienone is 3. The molecular weight excluding hydrogens is 332 g/mol. The molecule has 2 aromatic heterocycles. The lowest BCUT2D eigenvalue weighted by atomic mass is 10.3. The summed E-state index contributed by atoms with van der Waals surface area (Å²) < 4.78 is 1.61. The van der Waals surface area contributed by atoms with Gasteiger partial charge in [0.1, 0.15) is 0 Å². The van der Waals surface area contributed by atoms with Gasteiger partial charge in [-0.25, -0.2) is 4.98 Å². The fraction of sp³-hybridized carbons (Fsp3) is 0.263. The number of thiazole rings is 1. The summed E-state index contributed by atoms with van der Waals surface area (Å²) in [6, 6.07) is 1.58. The maximum absolute atomic E-state index is 12.6.